The Morgan fingerprint density at radius 1 is 1.00 bits per heavy atom. The summed E-state index contributed by atoms with van der Waals surface area (Å²) in [4.78, 5) is 0. The van der Waals surface area contributed by atoms with Crippen LogP contribution in [0.2, 0.25) is 0 Å². The second-order valence-corrected chi connectivity index (χ2v) is 0.447. The van der Waals surface area contributed by atoms with Crippen LogP contribution < -0.4 is 0 Å². The smallest absolute Gasteiger partial charge is 0.187 e. The molecule has 0 amide bonds. The standard InChI is InChI=1S/C2H6O2.Al.Zr.3H/c3-1-2-4;;;;;/h3-4H,1-2H2;;;;;. The minimum Gasteiger partial charge on any atom is -0.394 e. The van der Waals surface area contributed by atoms with Gasteiger partial charge in [0.05, 0.1) is 13.2 Å². The summed E-state index contributed by atoms with van der Waals surface area (Å²) in [6.07, 6.45) is 0. The molecule has 36 valence electrons. The summed E-state index contributed by atoms with van der Waals surface area (Å²) in [5.41, 5.74) is 0. The van der Waals surface area contributed by atoms with Crippen molar-refractivity contribution in [2.75, 3.05) is 13.2 Å². The summed E-state index contributed by atoms with van der Waals surface area (Å²) in [7, 11) is 0. The van der Waals surface area contributed by atoms with Crippen LogP contribution in [0.1, 0.15) is 0 Å². The first-order valence-corrected chi connectivity index (χ1v) is 1.13. The first kappa shape index (κ1) is 15.7. The van der Waals surface area contributed by atoms with Crippen LogP contribution in [0.3, 0.4) is 0 Å². The van der Waals surface area contributed by atoms with Crippen molar-refractivity contribution in [3.05, 3.63) is 0 Å². The number of hydrogen-bond donors (Lipinski definition) is 2. The second-order valence-electron chi connectivity index (χ2n) is 0.447. The van der Waals surface area contributed by atoms with E-state index < -0.39 is 0 Å². The van der Waals surface area contributed by atoms with Gasteiger partial charge in [-0.2, -0.15) is 0 Å². The van der Waals surface area contributed by atoms with Crippen LogP contribution in [-0.2, 0) is 26.2 Å². The summed E-state index contributed by atoms with van der Waals surface area (Å²) in [6.45, 7) is -0.250. The molecule has 0 saturated heterocycles. The van der Waals surface area contributed by atoms with Crippen LogP contribution in [0.15, 0.2) is 0 Å². The topological polar surface area (TPSA) is 40.5 Å². The normalized spacial score (nSPS) is 5.00. The van der Waals surface area contributed by atoms with Crippen molar-refractivity contribution in [3.8, 4) is 0 Å². The van der Waals surface area contributed by atoms with Gasteiger partial charge in [0, 0.05) is 26.2 Å². The molecule has 0 aromatic carbocycles. The molecule has 0 heterocycles. The van der Waals surface area contributed by atoms with E-state index in [2.05, 4.69) is 0 Å². The van der Waals surface area contributed by atoms with Gasteiger partial charge in [-0.1, -0.05) is 0 Å². The van der Waals surface area contributed by atoms with Gasteiger partial charge in [-0.25, -0.2) is 0 Å². The molecule has 0 aromatic heterocycles. The van der Waals surface area contributed by atoms with E-state index in [9.17, 15) is 0 Å². The molecule has 0 saturated carbocycles. The van der Waals surface area contributed by atoms with Crippen LogP contribution in [-0.4, -0.2) is 40.8 Å². The van der Waals surface area contributed by atoms with Gasteiger partial charge in [-0.15, -0.1) is 0 Å². The molecule has 0 aliphatic heterocycles. The van der Waals surface area contributed by atoms with Crippen LogP contribution in [0, 0.1) is 0 Å². The zero-order valence-corrected chi connectivity index (χ0v) is 5.27. The van der Waals surface area contributed by atoms with E-state index in [-0.39, 0.29) is 56.8 Å². The Balaban J connectivity index is -0.0000000450. The van der Waals surface area contributed by atoms with Gasteiger partial charge in [-0.05, 0) is 0 Å². The molecular weight excluding hydrogens is 174 g/mol. The summed E-state index contributed by atoms with van der Waals surface area (Å²) in [6, 6.07) is 0. The van der Waals surface area contributed by atoms with E-state index >= 15 is 0 Å². The summed E-state index contributed by atoms with van der Waals surface area (Å²) >= 11 is 0. The first-order chi connectivity index (χ1) is 1.91. The minimum atomic E-state index is -0.125. The van der Waals surface area contributed by atoms with Gasteiger partial charge < -0.3 is 10.2 Å². The largest absolute Gasteiger partial charge is 0.394 e. The monoisotopic (exact) mass is 182 g/mol. The van der Waals surface area contributed by atoms with Crippen LogP contribution >= 0.6 is 0 Å². The zero-order valence-electron chi connectivity index (χ0n) is 2.81. The molecular formula is C2H9AlO2Zr. The van der Waals surface area contributed by atoms with Gasteiger partial charge in [0.2, 0.25) is 0 Å². The SMILES string of the molecule is OCCO.[AlH3].[Zr]. The summed E-state index contributed by atoms with van der Waals surface area (Å²) in [5.74, 6) is 0. The zero-order chi connectivity index (χ0) is 3.41. The van der Waals surface area contributed by atoms with Crippen molar-refractivity contribution in [1.29, 1.82) is 0 Å². The molecule has 0 bridgehead atoms. The maximum Gasteiger partial charge on any atom is 0.187 e. The molecule has 0 radical (unpaired) electrons. The average molecular weight is 183 g/mol. The Morgan fingerprint density at radius 2 is 1.17 bits per heavy atom. The van der Waals surface area contributed by atoms with Crippen molar-refractivity contribution in [2.24, 2.45) is 0 Å². The van der Waals surface area contributed by atoms with Gasteiger partial charge >= 0.3 is 0 Å². The van der Waals surface area contributed by atoms with Gasteiger partial charge in [0.1, 0.15) is 0 Å². The van der Waals surface area contributed by atoms with E-state index in [0.29, 0.717) is 0 Å². The molecule has 0 aliphatic rings. The van der Waals surface area contributed by atoms with Crippen molar-refractivity contribution in [1.82, 2.24) is 0 Å². The molecule has 4 heteroatoms. The fourth-order valence-electron chi connectivity index (χ4n) is 0. The fourth-order valence-corrected chi connectivity index (χ4v) is 0. The van der Waals surface area contributed by atoms with Crippen molar-refractivity contribution < 1.29 is 36.4 Å². The molecule has 0 spiro atoms. The summed E-state index contributed by atoms with van der Waals surface area (Å²) < 4.78 is 0. The first-order valence-electron chi connectivity index (χ1n) is 1.13. The average Bonchev–Trinajstić information content (AvgIpc) is 1.37. The van der Waals surface area contributed by atoms with E-state index in [1.807, 2.05) is 0 Å². The van der Waals surface area contributed by atoms with E-state index in [0.717, 1.165) is 0 Å². The second kappa shape index (κ2) is 16.2. The predicted molar refractivity (Wildman–Crippen MR) is 24.1 cm³/mol. The Hall–Kier alpha value is 1.34. The molecule has 6 heavy (non-hydrogen) atoms. The fraction of sp³-hybridized carbons (Fsp3) is 1.00. The third-order valence-electron chi connectivity index (χ3n) is 0.1000. The molecule has 2 nitrogen and oxygen atoms in total. The van der Waals surface area contributed by atoms with E-state index in [4.69, 9.17) is 10.2 Å². The van der Waals surface area contributed by atoms with Crippen molar-refractivity contribution >= 4 is 17.4 Å². The Labute approximate surface area is 66.8 Å². The summed E-state index contributed by atoms with van der Waals surface area (Å²) in [5, 5.41) is 15.2. The molecule has 0 fully saturated rings. The van der Waals surface area contributed by atoms with Crippen LogP contribution in [0.25, 0.3) is 0 Å². The van der Waals surface area contributed by atoms with Gasteiger partial charge in [0.15, 0.2) is 17.4 Å². The van der Waals surface area contributed by atoms with Gasteiger partial charge in [-0.3, -0.25) is 0 Å². The Morgan fingerprint density at radius 3 is 1.17 bits per heavy atom. The molecule has 0 rings (SSSR count). The van der Waals surface area contributed by atoms with Crippen molar-refractivity contribution in [3.63, 3.8) is 0 Å². The Bertz CT molecular complexity index is 13.5. The number of aliphatic hydroxyl groups is 2. The molecule has 2 N–H and O–H groups in total. The maximum absolute atomic E-state index is 7.62. The van der Waals surface area contributed by atoms with Gasteiger partial charge in [0.25, 0.3) is 0 Å². The molecule has 0 aliphatic carbocycles. The van der Waals surface area contributed by atoms with Crippen LogP contribution in [0.4, 0.5) is 0 Å². The Kier molecular flexibility index (Phi) is 42.3. The van der Waals surface area contributed by atoms with Crippen LogP contribution in [0.5, 0.6) is 0 Å². The predicted octanol–water partition coefficient (Wildman–Crippen LogP) is -2.22. The minimum absolute atomic E-state index is 0. The van der Waals surface area contributed by atoms with Crippen molar-refractivity contribution in [2.45, 2.75) is 0 Å². The third kappa shape index (κ3) is 18.4. The van der Waals surface area contributed by atoms with E-state index in [1.165, 1.54) is 0 Å². The quantitative estimate of drug-likeness (QED) is 0.452. The molecule has 0 atom stereocenters. The number of aliphatic hydroxyl groups excluding tert-OH is 2. The third-order valence-corrected chi connectivity index (χ3v) is 0.1000. The molecule has 0 unspecified atom stereocenters. The molecule has 0 aromatic rings. The maximum atomic E-state index is 7.62. The van der Waals surface area contributed by atoms with E-state index in [1.54, 1.807) is 0 Å². The number of hydrogen-bond acceptors (Lipinski definition) is 2. The number of rotatable bonds is 1.